The second-order valence-corrected chi connectivity index (χ2v) is 3.91. The molecule has 15 heavy (non-hydrogen) atoms. The van der Waals surface area contributed by atoms with Crippen LogP contribution in [0.2, 0.25) is 0 Å². The van der Waals surface area contributed by atoms with Crippen molar-refractivity contribution in [2.45, 2.75) is 38.6 Å². The summed E-state index contributed by atoms with van der Waals surface area (Å²) in [6.45, 7) is 5.26. The first kappa shape index (κ1) is 12.5. The number of carbonyl (C=O) groups excluding carboxylic acids is 1. The minimum Gasteiger partial charge on any atom is -0.380 e. The minimum atomic E-state index is -0.00600. The number of hydrogen-bond donors (Lipinski definition) is 2. The van der Waals surface area contributed by atoms with E-state index in [0.717, 1.165) is 39.0 Å². The number of ether oxygens (including phenoxy) is 1. The van der Waals surface area contributed by atoms with Gasteiger partial charge in [0.25, 0.3) is 0 Å². The smallest absolute Gasteiger partial charge is 0.237 e. The maximum Gasteiger partial charge on any atom is 0.237 e. The van der Waals surface area contributed by atoms with Gasteiger partial charge in [0, 0.05) is 19.7 Å². The summed E-state index contributed by atoms with van der Waals surface area (Å²) >= 11 is 0. The molecule has 1 amide bonds. The predicted molar refractivity (Wildman–Crippen MR) is 59.8 cm³/mol. The summed E-state index contributed by atoms with van der Waals surface area (Å²) in [7, 11) is 0. The van der Waals surface area contributed by atoms with Crippen molar-refractivity contribution >= 4 is 5.91 Å². The van der Waals surface area contributed by atoms with Crippen LogP contribution in [0.4, 0.5) is 0 Å². The van der Waals surface area contributed by atoms with Gasteiger partial charge in [0.15, 0.2) is 0 Å². The monoisotopic (exact) mass is 214 g/mol. The summed E-state index contributed by atoms with van der Waals surface area (Å²) in [5.74, 6) is 0.134. The lowest BCUT2D eigenvalue weighted by Crippen LogP contribution is -2.49. The van der Waals surface area contributed by atoms with Crippen molar-refractivity contribution < 1.29 is 9.53 Å². The van der Waals surface area contributed by atoms with Crippen LogP contribution in [-0.4, -0.2) is 38.3 Å². The summed E-state index contributed by atoms with van der Waals surface area (Å²) < 4.78 is 5.41. The van der Waals surface area contributed by atoms with Gasteiger partial charge >= 0.3 is 0 Å². The minimum absolute atomic E-state index is 0.00600. The van der Waals surface area contributed by atoms with E-state index >= 15 is 0 Å². The van der Waals surface area contributed by atoms with Crippen molar-refractivity contribution in [1.82, 2.24) is 10.6 Å². The molecule has 4 nitrogen and oxygen atoms in total. The van der Waals surface area contributed by atoms with Gasteiger partial charge < -0.3 is 15.4 Å². The van der Waals surface area contributed by atoms with E-state index in [1.807, 2.05) is 0 Å². The van der Waals surface area contributed by atoms with Crippen LogP contribution in [0.1, 0.15) is 32.6 Å². The second kappa shape index (κ2) is 7.65. The van der Waals surface area contributed by atoms with Crippen LogP contribution in [0.25, 0.3) is 0 Å². The largest absolute Gasteiger partial charge is 0.380 e. The molecular weight excluding hydrogens is 192 g/mol. The first-order valence-corrected chi connectivity index (χ1v) is 5.93. The molecule has 0 aliphatic carbocycles. The zero-order valence-electron chi connectivity index (χ0n) is 9.55. The Morgan fingerprint density at radius 2 is 2.40 bits per heavy atom. The van der Waals surface area contributed by atoms with Crippen LogP contribution >= 0.6 is 0 Å². The summed E-state index contributed by atoms with van der Waals surface area (Å²) in [4.78, 5) is 11.3. The van der Waals surface area contributed by atoms with E-state index in [0.29, 0.717) is 6.61 Å². The van der Waals surface area contributed by atoms with Gasteiger partial charge in [0.1, 0.15) is 0 Å². The van der Waals surface area contributed by atoms with Gasteiger partial charge in [-0.05, 0) is 19.3 Å². The van der Waals surface area contributed by atoms with Gasteiger partial charge in [0.05, 0.1) is 12.6 Å². The van der Waals surface area contributed by atoms with Crippen LogP contribution in [0.3, 0.4) is 0 Å². The second-order valence-electron chi connectivity index (χ2n) is 3.91. The average Bonchev–Trinajstić information content (AvgIpc) is 2.25. The first-order chi connectivity index (χ1) is 7.34. The molecule has 1 fully saturated rings. The lowest BCUT2D eigenvalue weighted by molar-refractivity contribution is -0.124. The van der Waals surface area contributed by atoms with Crippen LogP contribution in [0, 0.1) is 0 Å². The highest BCUT2D eigenvalue weighted by molar-refractivity contribution is 5.82. The normalized spacial score (nSPS) is 21.4. The van der Waals surface area contributed by atoms with Crippen molar-refractivity contribution in [1.29, 1.82) is 0 Å². The van der Waals surface area contributed by atoms with Crippen LogP contribution in [0.5, 0.6) is 0 Å². The molecule has 0 radical (unpaired) electrons. The number of hydrogen-bond acceptors (Lipinski definition) is 3. The molecule has 1 unspecified atom stereocenters. The van der Waals surface area contributed by atoms with Crippen LogP contribution < -0.4 is 10.6 Å². The molecule has 1 aliphatic heterocycles. The van der Waals surface area contributed by atoms with Crippen molar-refractivity contribution in [3.63, 3.8) is 0 Å². The molecule has 0 bridgehead atoms. The van der Waals surface area contributed by atoms with Gasteiger partial charge in [-0.3, -0.25) is 4.79 Å². The number of rotatable bonds is 7. The molecule has 1 saturated heterocycles. The van der Waals surface area contributed by atoms with E-state index in [2.05, 4.69) is 17.6 Å². The van der Waals surface area contributed by atoms with E-state index in [-0.39, 0.29) is 11.9 Å². The van der Waals surface area contributed by atoms with E-state index in [1.54, 1.807) is 0 Å². The fraction of sp³-hybridized carbons (Fsp3) is 0.909. The zero-order valence-corrected chi connectivity index (χ0v) is 9.55. The van der Waals surface area contributed by atoms with E-state index in [1.165, 1.54) is 6.42 Å². The molecule has 4 heteroatoms. The van der Waals surface area contributed by atoms with Crippen molar-refractivity contribution in [2.24, 2.45) is 0 Å². The van der Waals surface area contributed by atoms with Gasteiger partial charge in [0.2, 0.25) is 5.91 Å². The highest BCUT2D eigenvalue weighted by Crippen LogP contribution is 2.02. The van der Waals surface area contributed by atoms with E-state index in [4.69, 9.17) is 4.74 Å². The highest BCUT2D eigenvalue weighted by atomic mass is 16.5. The third kappa shape index (κ3) is 5.14. The van der Waals surface area contributed by atoms with Crippen molar-refractivity contribution in [2.75, 3.05) is 26.3 Å². The quantitative estimate of drug-likeness (QED) is 0.612. The fourth-order valence-electron chi connectivity index (χ4n) is 1.62. The Kier molecular flexibility index (Phi) is 6.36. The Morgan fingerprint density at radius 1 is 1.53 bits per heavy atom. The number of nitrogens with one attached hydrogen (secondary N) is 2. The van der Waals surface area contributed by atoms with Gasteiger partial charge in [-0.1, -0.05) is 13.3 Å². The van der Waals surface area contributed by atoms with Crippen LogP contribution in [0.15, 0.2) is 0 Å². The Labute approximate surface area is 91.8 Å². The highest BCUT2D eigenvalue weighted by Gasteiger charge is 2.20. The van der Waals surface area contributed by atoms with Gasteiger partial charge in [-0.25, -0.2) is 0 Å². The lowest BCUT2D eigenvalue weighted by Gasteiger charge is -2.22. The van der Waals surface area contributed by atoms with Gasteiger partial charge in [-0.2, -0.15) is 0 Å². The number of unbranched alkanes of at least 4 members (excludes halogenated alkanes) is 1. The zero-order chi connectivity index (χ0) is 10.9. The van der Waals surface area contributed by atoms with Crippen molar-refractivity contribution in [3.8, 4) is 0 Å². The molecule has 0 saturated carbocycles. The molecular formula is C11H22N2O2. The first-order valence-electron chi connectivity index (χ1n) is 5.93. The Hall–Kier alpha value is -0.610. The molecule has 88 valence electrons. The maximum absolute atomic E-state index is 11.3. The molecule has 0 aromatic carbocycles. The molecule has 0 spiro atoms. The van der Waals surface area contributed by atoms with E-state index in [9.17, 15) is 4.79 Å². The summed E-state index contributed by atoms with van der Waals surface area (Å²) in [5.41, 5.74) is 0. The molecule has 2 N–H and O–H groups in total. The Bertz CT molecular complexity index is 185. The molecule has 1 atom stereocenters. The predicted octanol–water partition coefficient (Wildman–Crippen LogP) is 0.671. The fourth-order valence-corrected chi connectivity index (χ4v) is 1.62. The third-order valence-electron chi connectivity index (χ3n) is 2.56. The van der Waals surface area contributed by atoms with Gasteiger partial charge in [-0.15, -0.1) is 0 Å². The summed E-state index contributed by atoms with van der Waals surface area (Å²) in [5, 5.41) is 6.06. The summed E-state index contributed by atoms with van der Waals surface area (Å²) in [6, 6.07) is -0.00600. The maximum atomic E-state index is 11.3. The lowest BCUT2D eigenvalue weighted by atomic mass is 10.1. The molecule has 0 aromatic rings. The van der Waals surface area contributed by atoms with Crippen LogP contribution in [-0.2, 0) is 9.53 Å². The standard InChI is InChI=1S/C11H22N2O2/c1-2-3-8-15-9-7-12-10-5-4-6-13-11(10)14/h10,12H,2-9H2,1H3,(H,13,14). The van der Waals surface area contributed by atoms with E-state index < -0.39 is 0 Å². The SMILES string of the molecule is CCCCOCCNC1CCCNC1=O. The average molecular weight is 214 g/mol. The Balaban J connectivity index is 1.96. The Morgan fingerprint density at radius 3 is 3.13 bits per heavy atom. The summed E-state index contributed by atoms with van der Waals surface area (Å²) in [6.07, 6.45) is 4.29. The molecule has 1 rings (SSSR count). The number of amides is 1. The third-order valence-corrected chi connectivity index (χ3v) is 2.56. The molecule has 0 aromatic heterocycles. The molecule has 1 heterocycles. The van der Waals surface area contributed by atoms with Crippen molar-refractivity contribution in [3.05, 3.63) is 0 Å². The topological polar surface area (TPSA) is 50.4 Å². The number of piperidine rings is 1. The molecule has 1 aliphatic rings. The number of carbonyl (C=O) groups is 1.